The molecule has 0 N–H and O–H groups in total. The van der Waals surface area contributed by atoms with Gasteiger partial charge in [0.1, 0.15) is 18.2 Å². The van der Waals surface area contributed by atoms with E-state index in [1.54, 1.807) is 6.07 Å². The van der Waals surface area contributed by atoms with Gasteiger partial charge in [-0.15, -0.1) is 0 Å². The molecule has 0 unspecified atom stereocenters. The summed E-state index contributed by atoms with van der Waals surface area (Å²) in [4.78, 5) is 0. The normalized spacial score (nSPS) is 11.4. The van der Waals surface area contributed by atoms with Crippen LogP contribution in [0.5, 0.6) is 5.75 Å². The van der Waals surface area contributed by atoms with Crippen molar-refractivity contribution < 1.29 is 22.3 Å². The van der Waals surface area contributed by atoms with Crippen molar-refractivity contribution in [1.82, 2.24) is 0 Å². The highest BCUT2D eigenvalue weighted by molar-refractivity contribution is 9.10. The summed E-state index contributed by atoms with van der Waals surface area (Å²) < 4.78 is 56.1. The van der Waals surface area contributed by atoms with E-state index in [2.05, 4.69) is 15.9 Å². The first kappa shape index (κ1) is 14.8. The molecule has 20 heavy (non-hydrogen) atoms. The fourth-order valence-electron chi connectivity index (χ4n) is 1.57. The second-order valence-electron chi connectivity index (χ2n) is 4.09. The molecule has 0 saturated carbocycles. The average molecular weight is 349 g/mol. The molecule has 2 aromatic carbocycles. The van der Waals surface area contributed by atoms with Crippen LogP contribution in [0.15, 0.2) is 46.9 Å². The Hall–Kier alpha value is -1.56. The highest BCUT2D eigenvalue weighted by atomic mass is 79.9. The molecule has 0 heterocycles. The van der Waals surface area contributed by atoms with Crippen LogP contribution < -0.4 is 4.74 Å². The van der Waals surface area contributed by atoms with Crippen LogP contribution in [0.3, 0.4) is 0 Å². The molecule has 6 heteroatoms. The lowest BCUT2D eigenvalue weighted by Crippen LogP contribution is -2.05. The number of alkyl halides is 3. The van der Waals surface area contributed by atoms with Crippen molar-refractivity contribution in [2.75, 3.05) is 0 Å². The second-order valence-corrected chi connectivity index (χ2v) is 5.00. The Morgan fingerprint density at radius 2 is 1.65 bits per heavy atom. The van der Waals surface area contributed by atoms with E-state index >= 15 is 0 Å². The molecular formula is C14H9BrF4O. The molecule has 106 valence electrons. The van der Waals surface area contributed by atoms with Crippen molar-refractivity contribution in [3.05, 3.63) is 63.9 Å². The molecule has 0 aliphatic heterocycles. The summed E-state index contributed by atoms with van der Waals surface area (Å²) in [7, 11) is 0. The Morgan fingerprint density at radius 1 is 1.00 bits per heavy atom. The molecule has 0 bridgehead atoms. The fraction of sp³-hybridized carbons (Fsp3) is 0.143. The van der Waals surface area contributed by atoms with E-state index in [-0.39, 0.29) is 6.61 Å². The number of halogens is 5. The van der Waals surface area contributed by atoms with Crippen LogP contribution >= 0.6 is 15.9 Å². The van der Waals surface area contributed by atoms with E-state index < -0.39 is 17.6 Å². The largest absolute Gasteiger partial charge is 0.489 e. The van der Waals surface area contributed by atoms with Crippen LogP contribution in [0.4, 0.5) is 17.6 Å². The van der Waals surface area contributed by atoms with E-state index in [1.165, 1.54) is 24.3 Å². The minimum absolute atomic E-state index is 0.0635. The van der Waals surface area contributed by atoms with Gasteiger partial charge in [0.25, 0.3) is 0 Å². The van der Waals surface area contributed by atoms with Crippen LogP contribution in [0.1, 0.15) is 11.1 Å². The third-order valence-electron chi connectivity index (χ3n) is 2.52. The molecule has 2 aromatic rings. The van der Waals surface area contributed by atoms with Crippen LogP contribution in [-0.2, 0) is 12.8 Å². The predicted molar refractivity (Wildman–Crippen MR) is 69.9 cm³/mol. The monoisotopic (exact) mass is 348 g/mol. The molecule has 0 aromatic heterocycles. The van der Waals surface area contributed by atoms with E-state index in [0.717, 1.165) is 12.1 Å². The Bertz CT molecular complexity index is 573. The lowest BCUT2D eigenvalue weighted by Gasteiger charge is -2.09. The Kier molecular flexibility index (Phi) is 4.32. The number of rotatable bonds is 3. The van der Waals surface area contributed by atoms with Gasteiger partial charge in [0.15, 0.2) is 0 Å². The Morgan fingerprint density at radius 3 is 2.20 bits per heavy atom. The standard InChI is InChI=1S/C14H9BrF4O/c15-11-5-12(16)7-13(6-11)20-8-9-1-3-10(4-2-9)14(17,18)19/h1-7H,8H2. The molecule has 0 spiro atoms. The number of hydrogen-bond donors (Lipinski definition) is 0. The quantitative estimate of drug-likeness (QED) is 0.694. The van der Waals surface area contributed by atoms with Crippen LogP contribution in [-0.4, -0.2) is 0 Å². The number of ether oxygens (including phenoxy) is 1. The SMILES string of the molecule is Fc1cc(Br)cc(OCc2ccc(C(F)(F)F)cc2)c1. The molecule has 0 atom stereocenters. The van der Waals surface area contributed by atoms with Gasteiger partial charge in [-0.25, -0.2) is 4.39 Å². The lowest BCUT2D eigenvalue weighted by atomic mass is 10.1. The van der Waals surface area contributed by atoms with E-state index in [1.807, 2.05) is 0 Å². The van der Waals surface area contributed by atoms with E-state index in [0.29, 0.717) is 15.8 Å². The maximum absolute atomic E-state index is 13.1. The van der Waals surface area contributed by atoms with Gasteiger partial charge in [0, 0.05) is 10.5 Å². The van der Waals surface area contributed by atoms with Gasteiger partial charge >= 0.3 is 6.18 Å². The van der Waals surface area contributed by atoms with Gasteiger partial charge in [-0.3, -0.25) is 0 Å². The van der Waals surface area contributed by atoms with Crippen molar-refractivity contribution in [3.8, 4) is 5.75 Å². The highest BCUT2D eigenvalue weighted by Crippen LogP contribution is 2.29. The maximum atomic E-state index is 13.1. The summed E-state index contributed by atoms with van der Waals surface area (Å²) in [6.07, 6.45) is -4.35. The molecule has 2 rings (SSSR count). The van der Waals surface area contributed by atoms with Gasteiger partial charge in [0.2, 0.25) is 0 Å². The van der Waals surface area contributed by atoms with Crippen LogP contribution in [0.2, 0.25) is 0 Å². The summed E-state index contributed by atoms with van der Waals surface area (Å²) in [6.45, 7) is 0.0635. The molecule has 0 saturated heterocycles. The number of benzene rings is 2. The molecule has 0 aliphatic carbocycles. The van der Waals surface area contributed by atoms with Crippen molar-refractivity contribution in [1.29, 1.82) is 0 Å². The van der Waals surface area contributed by atoms with Crippen molar-refractivity contribution >= 4 is 15.9 Å². The van der Waals surface area contributed by atoms with Crippen molar-refractivity contribution in [3.63, 3.8) is 0 Å². The van der Waals surface area contributed by atoms with Gasteiger partial charge in [-0.05, 0) is 29.8 Å². The summed E-state index contributed by atoms with van der Waals surface area (Å²) >= 11 is 3.13. The third kappa shape index (κ3) is 3.96. The first-order chi connectivity index (χ1) is 9.34. The molecule has 0 radical (unpaired) electrons. The summed E-state index contributed by atoms with van der Waals surface area (Å²) in [5.41, 5.74) is -0.145. The maximum Gasteiger partial charge on any atom is 0.416 e. The molecule has 0 aliphatic rings. The van der Waals surface area contributed by atoms with Crippen molar-refractivity contribution in [2.45, 2.75) is 12.8 Å². The summed E-state index contributed by atoms with van der Waals surface area (Å²) in [5.74, 6) is -0.154. The summed E-state index contributed by atoms with van der Waals surface area (Å²) in [6, 6.07) is 8.70. The minimum Gasteiger partial charge on any atom is -0.489 e. The zero-order chi connectivity index (χ0) is 14.8. The van der Waals surface area contributed by atoms with Crippen LogP contribution in [0.25, 0.3) is 0 Å². The van der Waals surface area contributed by atoms with E-state index in [4.69, 9.17) is 4.74 Å². The Balaban J connectivity index is 2.04. The number of hydrogen-bond acceptors (Lipinski definition) is 1. The zero-order valence-electron chi connectivity index (χ0n) is 10.0. The first-order valence-corrected chi connectivity index (χ1v) is 6.39. The smallest absolute Gasteiger partial charge is 0.416 e. The van der Waals surface area contributed by atoms with Gasteiger partial charge < -0.3 is 4.74 Å². The summed E-state index contributed by atoms with van der Waals surface area (Å²) in [5, 5.41) is 0. The molecule has 0 fully saturated rings. The third-order valence-corrected chi connectivity index (χ3v) is 2.98. The van der Waals surface area contributed by atoms with Gasteiger partial charge in [-0.1, -0.05) is 28.1 Å². The molecule has 1 nitrogen and oxygen atoms in total. The fourth-order valence-corrected chi connectivity index (χ4v) is 2.01. The van der Waals surface area contributed by atoms with Gasteiger partial charge in [-0.2, -0.15) is 13.2 Å². The molecular weight excluding hydrogens is 340 g/mol. The average Bonchev–Trinajstić information content (AvgIpc) is 2.35. The Labute approximate surface area is 121 Å². The lowest BCUT2D eigenvalue weighted by molar-refractivity contribution is -0.137. The second kappa shape index (κ2) is 5.83. The van der Waals surface area contributed by atoms with Crippen LogP contribution in [0, 0.1) is 5.82 Å². The van der Waals surface area contributed by atoms with Gasteiger partial charge in [0.05, 0.1) is 5.56 Å². The first-order valence-electron chi connectivity index (χ1n) is 5.59. The predicted octanol–water partition coefficient (Wildman–Crippen LogP) is 5.19. The molecule has 0 amide bonds. The van der Waals surface area contributed by atoms with E-state index in [9.17, 15) is 17.6 Å². The highest BCUT2D eigenvalue weighted by Gasteiger charge is 2.29. The zero-order valence-corrected chi connectivity index (χ0v) is 11.6. The minimum atomic E-state index is -4.35. The van der Waals surface area contributed by atoms with Crippen molar-refractivity contribution in [2.24, 2.45) is 0 Å². The topological polar surface area (TPSA) is 9.23 Å².